The molecule has 0 unspecified atom stereocenters. The van der Waals surface area contributed by atoms with E-state index in [1.165, 1.54) is 10.8 Å². The van der Waals surface area contributed by atoms with Gasteiger partial charge in [-0.15, -0.1) is 0 Å². The van der Waals surface area contributed by atoms with Gasteiger partial charge in [-0.05, 0) is 0 Å². The van der Waals surface area contributed by atoms with Gasteiger partial charge in [-0.1, -0.05) is 0 Å². The van der Waals surface area contributed by atoms with Gasteiger partial charge in [0.1, 0.15) is 0 Å². The van der Waals surface area contributed by atoms with Crippen molar-refractivity contribution in [3.05, 3.63) is 46.4 Å². The normalized spacial score (nSPS) is 21.6. The molecule has 2 aliphatic rings. The third kappa shape index (κ3) is 1.04. The molecule has 1 heterocycles. The van der Waals surface area contributed by atoms with Gasteiger partial charge in [-0.3, -0.25) is 0 Å². The average Bonchev–Trinajstić information content (AvgIpc) is 2.28. The first-order chi connectivity index (χ1) is 4.97. The van der Waals surface area contributed by atoms with Crippen molar-refractivity contribution in [2.45, 2.75) is 5.25 Å². The van der Waals surface area contributed by atoms with E-state index in [-0.39, 0.29) is 15.4 Å². The first-order valence-electron chi connectivity index (χ1n) is 3.54. The van der Waals surface area contributed by atoms with Crippen molar-refractivity contribution in [3.8, 4) is 0 Å². The van der Waals surface area contributed by atoms with E-state index in [2.05, 4.69) is 35.3 Å². The van der Waals surface area contributed by atoms with E-state index in [1.54, 1.807) is 5.57 Å². The maximum atomic E-state index is 2.46. The molecule has 0 bridgehead atoms. The first kappa shape index (κ1) is 6.23. The van der Waals surface area contributed by atoms with Crippen LogP contribution in [0.25, 0.3) is 0 Å². The fourth-order valence-corrected chi connectivity index (χ4v) is 4.03. The van der Waals surface area contributed by atoms with Crippen LogP contribution in [0.4, 0.5) is 0 Å². The van der Waals surface area contributed by atoms with Crippen molar-refractivity contribution in [2.24, 2.45) is 0 Å². The van der Waals surface area contributed by atoms with Crippen molar-refractivity contribution in [1.29, 1.82) is 0 Å². The van der Waals surface area contributed by atoms with Gasteiger partial charge in [0.05, 0.1) is 0 Å². The second-order valence-corrected chi connectivity index (χ2v) is 5.04. The summed E-state index contributed by atoms with van der Waals surface area (Å²) in [5, 5.41) is 1.38. The average molecular weight is 190 g/mol. The molecular weight excluding hydrogens is 181 g/mol. The van der Waals surface area contributed by atoms with Gasteiger partial charge < -0.3 is 0 Å². The number of allylic oxidation sites excluding steroid dienone is 7. The van der Waals surface area contributed by atoms with Crippen molar-refractivity contribution < 1.29 is 0 Å². The van der Waals surface area contributed by atoms with Gasteiger partial charge in [-0.25, -0.2) is 0 Å². The summed E-state index contributed by atoms with van der Waals surface area (Å²) in [6.45, 7) is 0. The van der Waals surface area contributed by atoms with Crippen molar-refractivity contribution in [3.63, 3.8) is 0 Å². The molecule has 0 aromatic heterocycles. The third-order valence-corrected chi connectivity index (χ3v) is 4.47. The van der Waals surface area contributed by atoms with Gasteiger partial charge in [0, 0.05) is 0 Å². The molecule has 0 spiro atoms. The molecule has 0 N–H and O–H groups in total. The van der Waals surface area contributed by atoms with Gasteiger partial charge in [0.2, 0.25) is 0 Å². The van der Waals surface area contributed by atoms with Crippen molar-refractivity contribution in [2.75, 3.05) is 0 Å². The minimum atomic E-state index is -0.000301. The molecular formula is C9H9Ge. The fourth-order valence-electron chi connectivity index (χ4n) is 1.26. The molecule has 49 valence electrons. The monoisotopic (exact) mass is 191 g/mol. The maximum absolute atomic E-state index is 2.46. The molecule has 0 nitrogen and oxygen atoms in total. The molecule has 1 radical (unpaired) electrons. The fraction of sp³-hybridized carbons (Fsp3) is 0.111. The van der Waals surface area contributed by atoms with Crippen LogP contribution in [0.3, 0.4) is 0 Å². The summed E-state index contributed by atoms with van der Waals surface area (Å²) < 4.78 is 0. The van der Waals surface area contributed by atoms with Crippen molar-refractivity contribution >= 4 is 15.4 Å². The molecule has 0 aromatic carbocycles. The standard InChI is InChI=1S/C9H9Ge/c1-2-4-8-6-10-7-9(8)5-3-1/h1-6,10H,7H2. The van der Waals surface area contributed by atoms with E-state index in [1.807, 2.05) is 0 Å². The van der Waals surface area contributed by atoms with E-state index in [0.29, 0.717) is 0 Å². The predicted molar refractivity (Wildman–Crippen MR) is 46.4 cm³/mol. The Morgan fingerprint density at radius 2 is 2.20 bits per heavy atom. The number of hydrogen-bond donors (Lipinski definition) is 0. The zero-order valence-corrected chi connectivity index (χ0v) is 8.17. The Morgan fingerprint density at radius 1 is 1.20 bits per heavy atom. The topological polar surface area (TPSA) is 0 Å². The molecule has 10 heavy (non-hydrogen) atoms. The van der Waals surface area contributed by atoms with Gasteiger partial charge >= 0.3 is 67.1 Å². The molecule has 2 rings (SSSR count). The Hall–Kier alpha value is -0.497. The number of rotatable bonds is 0. The van der Waals surface area contributed by atoms with E-state index in [4.69, 9.17) is 0 Å². The van der Waals surface area contributed by atoms with E-state index < -0.39 is 0 Å². The van der Waals surface area contributed by atoms with Crippen LogP contribution in [0.1, 0.15) is 0 Å². The molecule has 1 aliphatic heterocycles. The first-order valence-corrected chi connectivity index (χ1v) is 6.66. The molecule has 0 saturated carbocycles. The summed E-state index contributed by atoms with van der Waals surface area (Å²) in [6.07, 6.45) is 10.8. The quantitative estimate of drug-likeness (QED) is 0.510. The molecule has 0 atom stereocenters. The molecule has 1 aliphatic carbocycles. The van der Waals surface area contributed by atoms with E-state index in [9.17, 15) is 0 Å². The predicted octanol–water partition coefficient (Wildman–Crippen LogP) is 1.79. The second kappa shape index (κ2) is 2.63. The van der Waals surface area contributed by atoms with Gasteiger partial charge in [0.15, 0.2) is 0 Å². The Labute approximate surface area is 67.5 Å². The van der Waals surface area contributed by atoms with Gasteiger partial charge in [-0.2, -0.15) is 0 Å². The summed E-state index contributed by atoms with van der Waals surface area (Å²) in [5.74, 6) is 0. The Morgan fingerprint density at radius 3 is 3.20 bits per heavy atom. The van der Waals surface area contributed by atoms with Crippen LogP contribution in [0.15, 0.2) is 46.4 Å². The van der Waals surface area contributed by atoms with Crippen LogP contribution in [-0.2, 0) is 0 Å². The Balaban J connectivity index is 2.42. The molecule has 0 saturated heterocycles. The number of fused-ring (bicyclic) bond motifs is 1. The van der Waals surface area contributed by atoms with Crippen LogP contribution in [0, 0.1) is 0 Å². The summed E-state index contributed by atoms with van der Waals surface area (Å²) >= 11 is -0.000301. The Bertz CT molecular complexity index is 254. The van der Waals surface area contributed by atoms with Gasteiger partial charge in [0.25, 0.3) is 0 Å². The Kier molecular flexibility index (Phi) is 1.64. The van der Waals surface area contributed by atoms with Crippen LogP contribution >= 0.6 is 0 Å². The number of hydrogen-bond acceptors (Lipinski definition) is 0. The SMILES string of the molecule is C1=CC=C2[CH2][GeH][CH]=C2C=C1. The summed E-state index contributed by atoms with van der Waals surface area (Å²) in [4.78, 5) is 2.46. The van der Waals surface area contributed by atoms with Crippen LogP contribution in [0.2, 0.25) is 5.25 Å². The molecule has 0 aromatic rings. The second-order valence-electron chi connectivity index (χ2n) is 2.50. The molecule has 0 fully saturated rings. The minimum absolute atomic E-state index is 0.000301. The van der Waals surface area contributed by atoms with E-state index in [0.717, 1.165) is 0 Å². The van der Waals surface area contributed by atoms with Crippen LogP contribution in [-0.4, -0.2) is 15.4 Å². The van der Waals surface area contributed by atoms with Crippen LogP contribution in [0.5, 0.6) is 0 Å². The molecule has 1 heteroatoms. The van der Waals surface area contributed by atoms with Crippen molar-refractivity contribution in [1.82, 2.24) is 0 Å². The third-order valence-electron chi connectivity index (χ3n) is 1.80. The molecule has 0 amide bonds. The van der Waals surface area contributed by atoms with Crippen LogP contribution < -0.4 is 0 Å². The van der Waals surface area contributed by atoms with E-state index >= 15 is 0 Å². The summed E-state index contributed by atoms with van der Waals surface area (Å²) in [7, 11) is 0. The summed E-state index contributed by atoms with van der Waals surface area (Å²) in [5.41, 5.74) is 3.05. The zero-order valence-electron chi connectivity index (χ0n) is 5.75. The zero-order chi connectivity index (χ0) is 6.81. The summed E-state index contributed by atoms with van der Waals surface area (Å²) in [6, 6.07) is 0.